The Morgan fingerprint density at radius 3 is 2.46 bits per heavy atom. The first-order chi connectivity index (χ1) is 5.89. The average Bonchev–Trinajstić information content (AvgIpc) is 2.33. The molecule has 1 aromatic heterocycles. The molecule has 74 valence electrons. The maximum absolute atomic E-state index is 11.9. The maximum Gasteiger partial charge on any atom is 0.414 e. The maximum atomic E-state index is 11.9. The minimum Gasteiger partial charge on any atom is -0.383 e. The first kappa shape index (κ1) is 10.8. The van der Waals surface area contributed by atoms with Crippen molar-refractivity contribution in [3.8, 4) is 0 Å². The van der Waals surface area contributed by atoms with E-state index in [1.165, 1.54) is 12.1 Å². The Morgan fingerprint density at radius 2 is 2.08 bits per heavy atom. The van der Waals surface area contributed by atoms with Gasteiger partial charge in [0.2, 0.25) is 0 Å². The van der Waals surface area contributed by atoms with E-state index >= 15 is 0 Å². The van der Waals surface area contributed by atoms with Gasteiger partial charge in [-0.05, 0) is 12.1 Å². The van der Waals surface area contributed by atoms with Gasteiger partial charge in [0.05, 0.1) is 4.34 Å². The Hall–Kier alpha value is -0.260. The van der Waals surface area contributed by atoms with Gasteiger partial charge in [-0.2, -0.15) is 13.2 Å². The van der Waals surface area contributed by atoms with Crippen LogP contribution in [0.3, 0.4) is 0 Å². The van der Waals surface area contributed by atoms with Crippen molar-refractivity contribution >= 4 is 22.9 Å². The molecule has 1 nitrogen and oxygen atoms in total. The molecule has 0 aliphatic carbocycles. The van der Waals surface area contributed by atoms with E-state index in [-0.39, 0.29) is 0 Å². The van der Waals surface area contributed by atoms with E-state index in [0.717, 1.165) is 11.3 Å². The van der Waals surface area contributed by atoms with E-state index in [4.69, 9.17) is 16.7 Å². The van der Waals surface area contributed by atoms with Crippen molar-refractivity contribution < 1.29 is 18.3 Å². The van der Waals surface area contributed by atoms with E-state index in [2.05, 4.69) is 0 Å². The van der Waals surface area contributed by atoms with Crippen molar-refractivity contribution in [1.82, 2.24) is 0 Å². The summed E-state index contributed by atoms with van der Waals surface area (Å²) in [5.74, 6) is 0. The van der Waals surface area contributed by atoms with Crippen LogP contribution in [0.4, 0.5) is 13.2 Å². The van der Waals surface area contributed by atoms with E-state index in [1.807, 2.05) is 0 Å². The first-order valence-electron chi connectivity index (χ1n) is 3.38. The second-order valence-corrected chi connectivity index (χ2v) is 4.27. The fourth-order valence-corrected chi connectivity index (χ4v) is 1.89. The number of hydrogen-bond donors (Lipinski definition) is 1. The molecule has 0 bridgehead atoms. The highest BCUT2D eigenvalue weighted by atomic mass is 35.5. The predicted octanol–water partition coefficient (Wildman–Crippen LogP) is 2.87. The van der Waals surface area contributed by atoms with Gasteiger partial charge in [-0.15, -0.1) is 11.3 Å². The lowest BCUT2D eigenvalue weighted by Gasteiger charge is -2.12. The van der Waals surface area contributed by atoms with Crippen LogP contribution < -0.4 is 0 Å². The van der Waals surface area contributed by atoms with Gasteiger partial charge < -0.3 is 5.11 Å². The van der Waals surface area contributed by atoms with Crippen molar-refractivity contribution in [1.29, 1.82) is 0 Å². The summed E-state index contributed by atoms with van der Waals surface area (Å²) < 4.78 is 36.0. The van der Waals surface area contributed by atoms with Gasteiger partial charge in [0, 0.05) is 11.3 Å². The van der Waals surface area contributed by atoms with Gasteiger partial charge in [-0.1, -0.05) is 11.6 Å². The standard InChI is InChI=1S/C7H6ClF3OS/c8-6-2-1-4(13-6)3-5(12)7(9,10)11/h1-2,5,12H,3H2. The minimum atomic E-state index is -4.56. The van der Waals surface area contributed by atoms with Crippen LogP contribution in [-0.2, 0) is 6.42 Å². The van der Waals surface area contributed by atoms with Crippen LogP contribution in [0.5, 0.6) is 0 Å². The summed E-state index contributed by atoms with van der Waals surface area (Å²) in [5.41, 5.74) is 0. The van der Waals surface area contributed by atoms with E-state index in [0.29, 0.717) is 9.21 Å². The Labute approximate surface area is 81.8 Å². The Kier molecular flexibility index (Phi) is 3.21. The van der Waals surface area contributed by atoms with Crippen LogP contribution >= 0.6 is 22.9 Å². The molecular formula is C7H6ClF3OS. The normalized spacial score (nSPS) is 14.5. The quantitative estimate of drug-likeness (QED) is 0.828. The van der Waals surface area contributed by atoms with Gasteiger partial charge in [-0.25, -0.2) is 0 Å². The monoisotopic (exact) mass is 230 g/mol. The molecule has 13 heavy (non-hydrogen) atoms. The molecule has 0 aromatic carbocycles. The number of halogens is 4. The molecular weight excluding hydrogens is 225 g/mol. The van der Waals surface area contributed by atoms with Crippen molar-refractivity contribution in [3.63, 3.8) is 0 Å². The van der Waals surface area contributed by atoms with Crippen LogP contribution in [0.1, 0.15) is 4.88 Å². The zero-order chi connectivity index (χ0) is 10.1. The molecule has 0 spiro atoms. The smallest absolute Gasteiger partial charge is 0.383 e. The molecule has 0 aliphatic heterocycles. The molecule has 1 rings (SSSR count). The fourth-order valence-electron chi connectivity index (χ4n) is 0.768. The second-order valence-electron chi connectivity index (χ2n) is 2.47. The van der Waals surface area contributed by atoms with Crippen LogP contribution in [-0.4, -0.2) is 17.4 Å². The van der Waals surface area contributed by atoms with E-state index in [1.54, 1.807) is 0 Å². The average molecular weight is 231 g/mol. The highest BCUT2D eigenvalue weighted by molar-refractivity contribution is 7.16. The summed E-state index contributed by atoms with van der Waals surface area (Å²) >= 11 is 6.55. The SMILES string of the molecule is OC(Cc1ccc(Cl)s1)C(F)(F)F. The summed E-state index contributed by atoms with van der Waals surface area (Å²) in [6, 6.07) is 2.98. The second kappa shape index (κ2) is 3.86. The van der Waals surface area contributed by atoms with Crippen LogP contribution in [0.15, 0.2) is 12.1 Å². The summed E-state index contributed by atoms with van der Waals surface area (Å²) in [4.78, 5) is 0.426. The molecule has 1 atom stereocenters. The topological polar surface area (TPSA) is 20.2 Å². The predicted molar refractivity (Wildman–Crippen MR) is 45.1 cm³/mol. The summed E-state index contributed by atoms with van der Waals surface area (Å²) in [7, 11) is 0. The molecule has 1 N–H and O–H groups in total. The zero-order valence-corrected chi connectivity index (χ0v) is 7.88. The molecule has 1 heterocycles. The van der Waals surface area contributed by atoms with Crippen molar-refractivity contribution in [2.75, 3.05) is 0 Å². The van der Waals surface area contributed by atoms with E-state index < -0.39 is 18.7 Å². The molecule has 0 aliphatic rings. The van der Waals surface area contributed by atoms with Crippen molar-refractivity contribution in [2.24, 2.45) is 0 Å². The summed E-state index contributed by atoms with van der Waals surface area (Å²) in [6.45, 7) is 0. The number of alkyl halides is 3. The highest BCUT2D eigenvalue weighted by Crippen LogP contribution is 2.27. The number of aliphatic hydroxyl groups is 1. The summed E-state index contributed by atoms with van der Waals surface area (Å²) in [6.07, 6.45) is -7.29. The van der Waals surface area contributed by atoms with Gasteiger partial charge in [0.15, 0.2) is 6.10 Å². The number of thiophene rings is 1. The lowest BCUT2D eigenvalue weighted by Crippen LogP contribution is -2.30. The lowest BCUT2D eigenvalue weighted by atomic mass is 10.2. The third kappa shape index (κ3) is 3.17. The summed E-state index contributed by atoms with van der Waals surface area (Å²) in [5, 5.41) is 8.69. The lowest BCUT2D eigenvalue weighted by molar-refractivity contribution is -0.202. The number of hydrogen-bond acceptors (Lipinski definition) is 2. The van der Waals surface area contributed by atoms with E-state index in [9.17, 15) is 13.2 Å². The van der Waals surface area contributed by atoms with Gasteiger partial charge in [0.1, 0.15) is 0 Å². The third-order valence-electron chi connectivity index (χ3n) is 1.40. The fraction of sp³-hybridized carbons (Fsp3) is 0.429. The van der Waals surface area contributed by atoms with Gasteiger partial charge >= 0.3 is 6.18 Å². The van der Waals surface area contributed by atoms with Crippen LogP contribution in [0.2, 0.25) is 4.34 Å². The van der Waals surface area contributed by atoms with Gasteiger partial charge in [0.25, 0.3) is 0 Å². The molecule has 0 saturated heterocycles. The molecule has 6 heteroatoms. The minimum absolute atomic E-state index is 0.421. The largest absolute Gasteiger partial charge is 0.414 e. The Balaban J connectivity index is 2.60. The molecule has 0 amide bonds. The van der Waals surface area contributed by atoms with Crippen molar-refractivity contribution in [2.45, 2.75) is 18.7 Å². The first-order valence-corrected chi connectivity index (χ1v) is 4.58. The third-order valence-corrected chi connectivity index (χ3v) is 2.65. The molecule has 0 saturated carbocycles. The Morgan fingerprint density at radius 1 is 1.46 bits per heavy atom. The highest BCUT2D eigenvalue weighted by Gasteiger charge is 2.38. The molecule has 1 unspecified atom stereocenters. The molecule has 0 radical (unpaired) electrons. The zero-order valence-electron chi connectivity index (χ0n) is 6.31. The number of rotatable bonds is 2. The van der Waals surface area contributed by atoms with Crippen LogP contribution in [0.25, 0.3) is 0 Å². The molecule has 0 fully saturated rings. The molecule has 1 aromatic rings. The number of aliphatic hydroxyl groups excluding tert-OH is 1. The van der Waals surface area contributed by atoms with Crippen molar-refractivity contribution in [3.05, 3.63) is 21.3 Å². The van der Waals surface area contributed by atoms with Crippen LogP contribution in [0, 0.1) is 0 Å². The van der Waals surface area contributed by atoms with Gasteiger partial charge in [-0.3, -0.25) is 0 Å². The Bertz CT molecular complexity index is 284.